The molecule has 0 spiro atoms. The first-order valence-electron chi connectivity index (χ1n) is 6.77. The summed E-state index contributed by atoms with van der Waals surface area (Å²) in [7, 11) is 2.08. The van der Waals surface area contributed by atoms with Crippen molar-refractivity contribution in [2.75, 3.05) is 7.05 Å². The van der Waals surface area contributed by atoms with Gasteiger partial charge in [-0.2, -0.15) is 0 Å². The molecule has 1 aliphatic carbocycles. The topological polar surface area (TPSA) is 3.24 Å². The highest BCUT2D eigenvalue weighted by Gasteiger charge is 2.25. The van der Waals surface area contributed by atoms with E-state index < -0.39 is 0 Å². The van der Waals surface area contributed by atoms with E-state index in [-0.39, 0.29) is 5.82 Å². The van der Waals surface area contributed by atoms with Crippen molar-refractivity contribution in [3.05, 3.63) is 71.0 Å². The van der Waals surface area contributed by atoms with Gasteiger partial charge < -0.3 is 0 Å². The third kappa shape index (κ3) is 2.41. The van der Waals surface area contributed by atoms with Gasteiger partial charge >= 0.3 is 0 Å². The molecule has 0 bridgehead atoms. The molecule has 1 atom stereocenters. The lowest BCUT2D eigenvalue weighted by molar-refractivity contribution is 0.233. The fourth-order valence-corrected chi connectivity index (χ4v) is 3.00. The second kappa shape index (κ2) is 5.14. The summed E-state index contributed by atoms with van der Waals surface area (Å²) in [6.07, 6.45) is 2.26. The molecule has 0 aromatic heterocycles. The van der Waals surface area contributed by atoms with Gasteiger partial charge in [-0.3, -0.25) is 4.90 Å². The van der Waals surface area contributed by atoms with Crippen molar-refractivity contribution in [1.82, 2.24) is 4.90 Å². The first kappa shape index (κ1) is 12.4. The molecule has 2 heteroatoms. The summed E-state index contributed by atoms with van der Waals surface area (Å²) in [6.45, 7) is 0.658. The Hall–Kier alpha value is -1.67. The maximum atomic E-state index is 13.7. The SMILES string of the molecule is CN(Cc1ccccc1F)C1CCc2ccccc21. The van der Waals surface area contributed by atoms with Gasteiger partial charge in [-0.15, -0.1) is 0 Å². The van der Waals surface area contributed by atoms with Gasteiger partial charge in [0.15, 0.2) is 0 Å². The van der Waals surface area contributed by atoms with Crippen LogP contribution < -0.4 is 0 Å². The van der Waals surface area contributed by atoms with E-state index in [1.54, 1.807) is 6.07 Å². The van der Waals surface area contributed by atoms with Crippen LogP contribution in [0.4, 0.5) is 4.39 Å². The van der Waals surface area contributed by atoms with Gasteiger partial charge in [0.1, 0.15) is 5.82 Å². The van der Waals surface area contributed by atoms with Gasteiger partial charge in [0, 0.05) is 18.2 Å². The molecule has 0 radical (unpaired) electrons. The van der Waals surface area contributed by atoms with Crippen LogP contribution >= 0.6 is 0 Å². The lowest BCUT2D eigenvalue weighted by atomic mass is 10.1. The molecule has 1 unspecified atom stereocenters. The Morgan fingerprint density at radius 2 is 1.84 bits per heavy atom. The summed E-state index contributed by atoms with van der Waals surface area (Å²) < 4.78 is 13.7. The van der Waals surface area contributed by atoms with E-state index in [1.807, 2.05) is 12.1 Å². The van der Waals surface area contributed by atoms with Crippen molar-refractivity contribution in [3.8, 4) is 0 Å². The molecule has 0 fully saturated rings. The predicted molar refractivity (Wildman–Crippen MR) is 75.4 cm³/mol. The number of aryl methyl sites for hydroxylation is 1. The molecule has 1 aliphatic rings. The Kier molecular flexibility index (Phi) is 3.34. The molecule has 19 heavy (non-hydrogen) atoms. The average molecular weight is 255 g/mol. The third-order valence-corrected chi connectivity index (χ3v) is 4.01. The van der Waals surface area contributed by atoms with Crippen LogP contribution in [0, 0.1) is 5.82 Å². The minimum absolute atomic E-state index is 0.111. The van der Waals surface area contributed by atoms with Crippen LogP contribution in [-0.2, 0) is 13.0 Å². The van der Waals surface area contributed by atoms with Gasteiger partial charge in [-0.25, -0.2) is 4.39 Å². The van der Waals surface area contributed by atoms with E-state index >= 15 is 0 Å². The van der Waals surface area contributed by atoms with Crippen molar-refractivity contribution in [2.45, 2.75) is 25.4 Å². The highest BCUT2D eigenvalue weighted by atomic mass is 19.1. The second-order valence-electron chi connectivity index (χ2n) is 5.26. The van der Waals surface area contributed by atoms with Gasteiger partial charge in [0.05, 0.1) is 0 Å². The molecule has 0 saturated heterocycles. The predicted octanol–water partition coefficient (Wildman–Crippen LogP) is 3.95. The lowest BCUT2D eigenvalue weighted by Crippen LogP contribution is -2.23. The summed E-state index contributed by atoms with van der Waals surface area (Å²) >= 11 is 0. The van der Waals surface area contributed by atoms with Gasteiger partial charge in [-0.05, 0) is 37.1 Å². The molecule has 0 aliphatic heterocycles. The standard InChI is InChI=1S/C17H18FN/c1-19(12-14-7-3-5-9-16(14)18)17-11-10-13-6-2-4-8-15(13)17/h2-9,17H,10-12H2,1H3. The van der Waals surface area contributed by atoms with Crippen molar-refractivity contribution in [3.63, 3.8) is 0 Å². The van der Waals surface area contributed by atoms with Crippen LogP contribution in [0.2, 0.25) is 0 Å². The number of fused-ring (bicyclic) bond motifs is 1. The molecule has 1 nitrogen and oxygen atoms in total. The fraction of sp³-hybridized carbons (Fsp3) is 0.294. The van der Waals surface area contributed by atoms with Gasteiger partial charge in [0.25, 0.3) is 0 Å². The summed E-state index contributed by atoms with van der Waals surface area (Å²) in [5, 5.41) is 0. The maximum absolute atomic E-state index is 13.7. The molecule has 2 aromatic carbocycles. The molecule has 0 saturated carbocycles. The highest BCUT2D eigenvalue weighted by molar-refractivity contribution is 5.34. The van der Waals surface area contributed by atoms with Crippen LogP contribution in [0.1, 0.15) is 29.2 Å². The molecule has 3 rings (SSSR count). The zero-order valence-corrected chi connectivity index (χ0v) is 11.1. The first-order chi connectivity index (χ1) is 9.25. The zero-order chi connectivity index (χ0) is 13.2. The Morgan fingerprint density at radius 3 is 2.68 bits per heavy atom. The molecule has 0 heterocycles. The van der Waals surface area contributed by atoms with Crippen LogP contribution in [0.5, 0.6) is 0 Å². The van der Waals surface area contributed by atoms with Crippen molar-refractivity contribution in [1.29, 1.82) is 0 Å². The van der Waals surface area contributed by atoms with E-state index in [9.17, 15) is 4.39 Å². The van der Waals surface area contributed by atoms with E-state index in [0.717, 1.165) is 18.4 Å². The Morgan fingerprint density at radius 1 is 1.11 bits per heavy atom. The number of hydrogen-bond donors (Lipinski definition) is 0. The number of benzene rings is 2. The Bertz CT molecular complexity index is 579. The molecule has 0 N–H and O–H groups in total. The molecule has 0 amide bonds. The summed E-state index contributed by atoms with van der Waals surface area (Å²) in [6, 6.07) is 16.0. The van der Waals surface area contributed by atoms with Crippen LogP contribution in [0.25, 0.3) is 0 Å². The minimum Gasteiger partial charge on any atom is -0.295 e. The van der Waals surface area contributed by atoms with E-state index in [2.05, 4.69) is 36.2 Å². The Labute approximate surface area is 113 Å². The monoisotopic (exact) mass is 255 g/mol. The Balaban J connectivity index is 1.79. The highest BCUT2D eigenvalue weighted by Crippen LogP contribution is 2.35. The van der Waals surface area contributed by atoms with Crippen molar-refractivity contribution < 1.29 is 4.39 Å². The number of hydrogen-bond acceptors (Lipinski definition) is 1. The number of nitrogens with zero attached hydrogens (tertiary/aromatic N) is 1. The smallest absolute Gasteiger partial charge is 0.127 e. The summed E-state index contributed by atoms with van der Waals surface area (Å²) in [5.41, 5.74) is 3.61. The minimum atomic E-state index is -0.111. The molecular formula is C17H18FN. The average Bonchev–Trinajstić information content (AvgIpc) is 2.85. The van der Waals surface area contributed by atoms with Crippen molar-refractivity contribution >= 4 is 0 Å². The summed E-state index contributed by atoms with van der Waals surface area (Å²) in [4.78, 5) is 2.25. The van der Waals surface area contributed by atoms with Crippen LogP contribution in [-0.4, -0.2) is 11.9 Å². The van der Waals surface area contributed by atoms with E-state index in [1.165, 1.54) is 17.2 Å². The normalized spacial score (nSPS) is 17.7. The fourth-order valence-electron chi connectivity index (χ4n) is 3.00. The van der Waals surface area contributed by atoms with E-state index in [4.69, 9.17) is 0 Å². The van der Waals surface area contributed by atoms with Crippen LogP contribution in [0.15, 0.2) is 48.5 Å². The molecule has 2 aromatic rings. The van der Waals surface area contributed by atoms with Crippen molar-refractivity contribution in [2.24, 2.45) is 0 Å². The summed E-state index contributed by atoms with van der Waals surface area (Å²) in [5.74, 6) is -0.111. The molecule has 98 valence electrons. The van der Waals surface area contributed by atoms with Gasteiger partial charge in [0.2, 0.25) is 0 Å². The lowest BCUT2D eigenvalue weighted by Gasteiger charge is -2.25. The zero-order valence-electron chi connectivity index (χ0n) is 11.1. The largest absolute Gasteiger partial charge is 0.295 e. The maximum Gasteiger partial charge on any atom is 0.127 e. The second-order valence-corrected chi connectivity index (χ2v) is 5.26. The van der Waals surface area contributed by atoms with E-state index in [0.29, 0.717) is 12.6 Å². The third-order valence-electron chi connectivity index (χ3n) is 4.01. The number of rotatable bonds is 3. The van der Waals surface area contributed by atoms with Crippen LogP contribution in [0.3, 0.4) is 0 Å². The molecular weight excluding hydrogens is 237 g/mol. The van der Waals surface area contributed by atoms with Gasteiger partial charge in [-0.1, -0.05) is 42.5 Å². The first-order valence-corrected chi connectivity index (χ1v) is 6.77. The quantitative estimate of drug-likeness (QED) is 0.803. The number of halogens is 1.